The third-order valence-corrected chi connectivity index (χ3v) is 7.43. The lowest BCUT2D eigenvalue weighted by Crippen LogP contribution is -2.19. The molecule has 0 unspecified atom stereocenters. The summed E-state index contributed by atoms with van der Waals surface area (Å²) in [7, 11) is 1.51. The number of nitrogens with zero attached hydrogens (tertiary/aromatic N) is 4. The van der Waals surface area contributed by atoms with Crippen molar-refractivity contribution in [2.45, 2.75) is 18.4 Å². The lowest BCUT2D eigenvalue weighted by Gasteiger charge is -2.17. The number of aromatic nitrogens is 3. The lowest BCUT2D eigenvalue weighted by molar-refractivity contribution is 0.249. The molecule has 0 aliphatic carbocycles. The number of fused-ring (bicyclic) bond motifs is 1. The maximum atomic E-state index is 13.2. The van der Waals surface area contributed by atoms with Crippen LogP contribution in [0, 0.1) is 6.92 Å². The van der Waals surface area contributed by atoms with Gasteiger partial charge in [0.25, 0.3) is 10.0 Å². The molecule has 37 heavy (non-hydrogen) atoms. The average molecular weight is 546 g/mol. The summed E-state index contributed by atoms with van der Waals surface area (Å²) in [5.74, 6) is 1.39. The van der Waals surface area contributed by atoms with Crippen molar-refractivity contribution in [1.82, 2.24) is 19.3 Å². The third-order valence-electron chi connectivity index (χ3n) is 5.54. The van der Waals surface area contributed by atoms with Gasteiger partial charge < -0.3 is 19.1 Å². The highest BCUT2D eigenvalue weighted by Crippen LogP contribution is 2.31. The summed E-state index contributed by atoms with van der Waals surface area (Å²) in [5.41, 5.74) is 1.72. The number of hydrogen-bond donors (Lipinski definition) is 1. The van der Waals surface area contributed by atoms with Crippen molar-refractivity contribution in [3.8, 4) is 17.4 Å². The summed E-state index contributed by atoms with van der Waals surface area (Å²) in [6.45, 7) is 2.98. The van der Waals surface area contributed by atoms with Gasteiger partial charge in [-0.15, -0.1) is 0 Å². The van der Waals surface area contributed by atoms with Crippen LogP contribution in [0.4, 0.5) is 5.82 Å². The van der Waals surface area contributed by atoms with Crippen molar-refractivity contribution in [1.29, 1.82) is 0 Å². The molecule has 4 rings (SSSR count). The highest BCUT2D eigenvalue weighted by atomic mass is 35.5. The van der Waals surface area contributed by atoms with Crippen LogP contribution >= 0.6 is 11.6 Å². The molecule has 0 spiro atoms. The van der Waals surface area contributed by atoms with Crippen molar-refractivity contribution in [2.75, 3.05) is 39.1 Å². The van der Waals surface area contributed by atoms with Crippen molar-refractivity contribution < 1.29 is 22.6 Å². The van der Waals surface area contributed by atoms with E-state index >= 15 is 0 Å². The number of imidazole rings is 1. The average Bonchev–Trinajstić information content (AvgIpc) is 3.33. The first-order chi connectivity index (χ1) is 17.7. The Bertz CT molecular complexity index is 1510. The van der Waals surface area contributed by atoms with E-state index in [0.29, 0.717) is 34.3 Å². The van der Waals surface area contributed by atoms with Crippen molar-refractivity contribution in [2.24, 2.45) is 0 Å². The van der Waals surface area contributed by atoms with Crippen LogP contribution in [0.1, 0.15) is 11.1 Å². The van der Waals surface area contributed by atoms with Gasteiger partial charge >= 0.3 is 0 Å². The highest BCUT2D eigenvalue weighted by Gasteiger charge is 2.22. The molecule has 4 aromatic rings. The maximum Gasteiger partial charge on any atom is 0.263 e. The topological polar surface area (TPSA) is 107 Å². The van der Waals surface area contributed by atoms with Gasteiger partial charge in [0.15, 0.2) is 17.1 Å². The van der Waals surface area contributed by atoms with Crippen LogP contribution in [-0.2, 0) is 16.6 Å². The van der Waals surface area contributed by atoms with Crippen molar-refractivity contribution in [3.63, 3.8) is 0 Å². The minimum Gasteiger partial charge on any atom is -0.493 e. The van der Waals surface area contributed by atoms with Gasteiger partial charge in [-0.25, -0.2) is 18.4 Å². The SMILES string of the molecule is COc1ccc(COc2c(NS(=O)(=O)c3cccc(Cl)c3C)ncc3nccn23)cc1OCCN(C)C. The van der Waals surface area contributed by atoms with Crippen LogP contribution < -0.4 is 18.9 Å². The first kappa shape index (κ1) is 26.5. The largest absolute Gasteiger partial charge is 0.493 e. The van der Waals surface area contributed by atoms with E-state index in [0.717, 1.165) is 12.1 Å². The number of sulfonamides is 1. The molecule has 1 N–H and O–H groups in total. The fourth-order valence-corrected chi connectivity index (χ4v) is 5.06. The number of anilines is 1. The van der Waals surface area contributed by atoms with Gasteiger partial charge in [-0.3, -0.25) is 9.12 Å². The first-order valence-electron chi connectivity index (χ1n) is 11.4. The van der Waals surface area contributed by atoms with E-state index in [-0.39, 0.29) is 23.2 Å². The third kappa shape index (κ3) is 6.07. The second-order valence-corrected chi connectivity index (χ2v) is 10.5. The molecular weight excluding hydrogens is 518 g/mol. The summed E-state index contributed by atoms with van der Waals surface area (Å²) < 4.78 is 48.0. The van der Waals surface area contributed by atoms with Gasteiger partial charge in [0.05, 0.1) is 18.2 Å². The molecule has 0 radical (unpaired) electrons. The zero-order chi connectivity index (χ0) is 26.6. The van der Waals surface area contributed by atoms with Crippen LogP contribution in [0.3, 0.4) is 0 Å². The molecule has 0 aliphatic heterocycles. The molecule has 196 valence electrons. The lowest BCUT2D eigenvalue weighted by atomic mass is 10.2. The van der Waals surface area contributed by atoms with Crippen LogP contribution in [0.2, 0.25) is 5.02 Å². The standard InChI is InChI=1S/C25H28ClN5O5S/c1-17-19(26)6-5-7-22(17)37(32,33)29-24-25(31-11-10-27-23(31)15-28-24)36-16-18-8-9-20(34-4)21(14-18)35-13-12-30(2)3/h5-11,14-15,29H,12-13,16H2,1-4H3. The predicted octanol–water partition coefficient (Wildman–Crippen LogP) is 4.02. The second-order valence-electron chi connectivity index (χ2n) is 8.46. The molecule has 0 aliphatic rings. The fraction of sp³-hybridized carbons (Fsp3) is 0.280. The quantitative estimate of drug-likeness (QED) is 0.301. The molecule has 0 saturated heterocycles. The van der Waals surface area contributed by atoms with Gasteiger partial charge in [-0.2, -0.15) is 0 Å². The predicted molar refractivity (Wildman–Crippen MR) is 141 cm³/mol. The van der Waals surface area contributed by atoms with Gasteiger partial charge in [0.1, 0.15) is 13.2 Å². The Balaban J connectivity index is 1.62. The van der Waals surface area contributed by atoms with Crippen LogP contribution in [0.25, 0.3) is 5.65 Å². The van der Waals surface area contributed by atoms with E-state index < -0.39 is 10.0 Å². The molecule has 0 fully saturated rings. The van der Waals surface area contributed by atoms with Gasteiger partial charge in [0.2, 0.25) is 11.7 Å². The molecule has 10 nitrogen and oxygen atoms in total. The maximum absolute atomic E-state index is 13.2. The monoisotopic (exact) mass is 545 g/mol. The summed E-state index contributed by atoms with van der Waals surface area (Å²) in [4.78, 5) is 10.6. The number of methoxy groups -OCH3 is 1. The van der Waals surface area contributed by atoms with Gasteiger partial charge in [0, 0.05) is 24.0 Å². The molecular formula is C25H28ClN5O5S. The normalized spacial score (nSPS) is 11.6. The number of likely N-dealkylation sites (N-methyl/N-ethyl adjacent to an activating group) is 1. The minimum absolute atomic E-state index is 0.0147. The minimum atomic E-state index is -4.01. The molecule has 0 atom stereocenters. The Morgan fingerprint density at radius 2 is 1.92 bits per heavy atom. The number of benzene rings is 2. The second kappa shape index (κ2) is 11.2. The van der Waals surface area contributed by atoms with Crippen molar-refractivity contribution in [3.05, 3.63) is 71.1 Å². The number of ether oxygens (including phenoxy) is 3. The first-order valence-corrected chi connectivity index (χ1v) is 13.2. The Morgan fingerprint density at radius 1 is 1.11 bits per heavy atom. The number of nitrogens with one attached hydrogen (secondary N) is 1. The van der Waals surface area contributed by atoms with Gasteiger partial charge in [-0.05, 0) is 56.4 Å². The summed E-state index contributed by atoms with van der Waals surface area (Å²) in [6.07, 6.45) is 4.70. The Kier molecular flexibility index (Phi) is 8.06. The molecule has 2 aromatic heterocycles. The van der Waals surface area contributed by atoms with E-state index in [1.54, 1.807) is 49.0 Å². The molecule has 0 saturated carbocycles. The molecule has 2 heterocycles. The highest BCUT2D eigenvalue weighted by molar-refractivity contribution is 7.92. The molecule has 2 aromatic carbocycles. The van der Waals surface area contributed by atoms with Gasteiger partial charge in [-0.1, -0.05) is 23.7 Å². The Hall–Kier alpha value is -3.54. The Labute approximate surface area is 220 Å². The van der Waals surface area contributed by atoms with E-state index in [9.17, 15) is 8.42 Å². The Morgan fingerprint density at radius 3 is 2.68 bits per heavy atom. The van der Waals surface area contributed by atoms with Crippen LogP contribution in [-0.4, -0.2) is 62.0 Å². The number of hydrogen-bond acceptors (Lipinski definition) is 8. The molecule has 0 bridgehead atoms. The number of halogens is 1. The summed E-state index contributed by atoms with van der Waals surface area (Å²) in [6, 6.07) is 10.2. The zero-order valence-electron chi connectivity index (χ0n) is 20.9. The van der Waals surface area contributed by atoms with Crippen LogP contribution in [0.15, 0.2) is 59.9 Å². The fourth-order valence-electron chi connectivity index (χ4n) is 3.56. The summed E-state index contributed by atoms with van der Waals surface area (Å²) >= 11 is 6.15. The van der Waals surface area contributed by atoms with E-state index in [4.69, 9.17) is 25.8 Å². The van der Waals surface area contributed by atoms with E-state index in [1.807, 2.05) is 31.1 Å². The number of rotatable bonds is 11. The zero-order valence-corrected chi connectivity index (χ0v) is 22.5. The van der Waals surface area contributed by atoms with E-state index in [2.05, 4.69) is 14.7 Å². The molecule has 12 heteroatoms. The van der Waals surface area contributed by atoms with Crippen molar-refractivity contribution >= 4 is 33.1 Å². The summed E-state index contributed by atoms with van der Waals surface area (Å²) in [5, 5.41) is 0.348. The smallest absolute Gasteiger partial charge is 0.263 e. The molecule has 0 amide bonds. The van der Waals surface area contributed by atoms with Crippen LogP contribution in [0.5, 0.6) is 17.4 Å². The van der Waals surface area contributed by atoms with E-state index in [1.165, 1.54) is 12.3 Å².